The number of aliphatic hydroxyl groups is 1. The first-order valence-electron chi connectivity index (χ1n) is 6.00. The van der Waals surface area contributed by atoms with Gasteiger partial charge in [0.25, 0.3) is 0 Å². The lowest BCUT2D eigenvalue weighted by molar-refractivity contribution is 0.0897. The van der Waals surface area contributed by atoms with Crippen molar-refractivity contribution in [2.45, 2.75) is 19.4 Å². The van der Waals surface area contributed by atoms with E-state index in [1.54, 1.807) is 19.1 Å². The van der Waals surface area contributed by atoms with E-state index < -0.39 is 40.3 Å². The molecular weight excluding hydrogens is 291 g/mol. The maximum absolute atomic E-state index is 13.8. The van der Waals surface area contributed by atoms with E-state index in [0.717, 1.165) is 6.92 Å². The highest BCUT2D eigenvalue weighted by Gasteiger charge is 2.38. The van der Waals surface area contributed by atoms with Crippen molar-refractivity contribution in [3.63, 3.8) is 0 Å². The number of halogens is 5. The van der Waals surface area contributed by atoms with Gasteiger partial charge in [0.05, 0.1) is 5.56 Å². The zero-order valence-corrected chi connectivity index (χ0v) is 11.1. The second-order valence-corrected chi connectivity index (χ2v) is 4.83. The molecule has 0 aliphatic heterocycles. The van der Waals surface area contributed by atoms with E-state index >= 15 is 0 Å². The van der Waals surface area contributed by atoms with Crippen LogP contribution in [-0.2, 0) is 5.60 Å². The highest BCUT2D eigenvalue weighted by Crippen LogP contribution is 2.37. The van der Waals surface area contributed by atoms with E-state index in [-0.39, 0.29) is 5.56 Å². The summed E-state index contributed by atoms with van der Waals surface area (Å²) in [5, 5.41) is 10.4. The number of benzene rings is 2. The summed E-state index contributed by atoms with van der Waals surface area (Å²) in [5.74, 6) is -10.5. The van der Waals surface area contributed by atoms with Gasteiger partial charge in [-0.25, -0.2) is 22.0 Å². The molecule has 0 fully saturated rings. The maximum atomic E-state index is 13.8. The second-order valence-electron chi connectivity index (χ2n) is 4.83. The lowest BCUT2D eigenvalue weighted by atomic mass is 9.84. The molecule has 0 aliphatic carbocycles. The fraction of sp³-hybridized carbons (Fsp3) is 0.200. The van der Waals surface area contributed by atoms with Crippen LogP contribution in [-0.4, -0.2) is 5.11 Å². The minimum atomic E-state index is -2.37. The number of rotatable bonds is 2. The van der Waals surface area contributed by atoms with Crippen molar-refractivity contribution in [2.24, 2.45) is 0 Å². The minimum Gasteiger partial charge on any atom is -0.380 e. The molecular formula is C15H11F5O. The van der Waals surface area contributed by atoms with Gasteiger partial charge in [-0.1, -0.05) is 24.3 Å². The third kappa shape index (κ3) is 2.29. The third-order valence-electron chi connectivity index (χ3n) is 3.37. The molecule has 0 spiro atoms. The van der Waals surface area contributed by atoms with Gasteiger partial charge >= 0.3 is 0 Å². The number of hydrogen-bond donors (Lipinski definition) is 1. The molecule has 2 aromatic carbocycles. The molecule has 0 aromatic heterocycles. The average Bonchev–Trinajstić information content (AvgIpc) is 2.43. The molecule has 0 saturated heterocycles. The molecule has 2 rings (SSSR count). The lowest BCUT2D eigenvalue weighted by Crippen LogP contribution is -2.28. The first kappa shape index (κ1) is 15.4. The van der Waals surface area contributed by atoms with E-state index in [2.05, 4.69) is 0 Å². The Morgan fingerprint density at radius 3 is 1.71 bits per heavy atom. The Morgan fingerprint density at radius 2 is 1.24 bits per heavy atom. The summed E-state index contributed by atoms with van der Waals surface area (Å²) in [5.41, 5.74) is -3.14. The van der Waals surface area contributed by atoms with Crippen LogP contribution >= 0.6 is 0 Å². The highest BCUT2D eigenvalue weighted by atomic mass is 19.2. The van der Waals surface area contributed by atoms with E-state index in [0.29, 0.717) is 5.56 Å². The van der Waals surface area contributed by atoms with Crippen LogP contribution in [0.4, 0.5) is 22.0 Å². The van der Waals surface area contributed by atoms with Crippen molar-refractivity contribution in [1.82, 2.24) is 0 Å². The van der Waals surface area contributed by atoms with Crippen LogP contribution in [0.25, 0.3) is 0 Å². The zero-order chi connectivity index (χ0) is 15.9. The lowest BCUT2D eigenvalue weighted by Gasteiger charge is -2.27. The molecule has 1 unspecified atom stereocenters. The van der Waals surface area contributed by atoms with Gasteiger partial charge in [-0.3, -0.25) is 0 Å². The summed E-state index contributed by atoms with van der Waals surface area (Å²) in [6, 6.07) is 6.01. The minimum absolute atomic E-state index is 0.0493. The normalized spacial score (nSPS) is 14.1. The molecule has 1 N–H and O–H groups in total. The Kier molecular flexibility index (Phi) is 3.76. The van der Waals surface area contributed by atoms with E-state index in [9.17, 15) is 27.1 Å². The Balaban J connectivity index is 2.80. The smallest absolute Gasteiger partial charge is 0.200 e. The van der Waals surface area contributed by atoms with Crippen LogP contribution in [0.3, 0.4) is 0 Å². The predicted octanol–water partition coefficient (Wildman–Crippen LogP) is 3.95. The van der Waals surface area contributed by atoms with Crippen molar-refractivity contribution >= 4 is 0 Å². The van der Waals surface area contributed by atoms with Gasteiger partial charge < -0.3 is 5.11 Å². The maximum Gasteiger partial charge on any atom is 0.200 e. The molecule has 21 heavy (non-hydrogen) atoms. The van der Waals surface area contributed by atoms with Crippen molar-refractivity contribution < 1.29 is 27.1 Å². The van der Waals surface area contributed by atoms with E-state index in [1.165, 1.54) is 12.1 Å². The molecule has 0 amide bonds. The number of hydrogen-bond acceptors (Lipinski definition) is 1. The summed E-state index contributed by atoms with van der Waals surface area (Å²) in [4.78, 5) is 0. The largest absolute Gasteiger partial charge is 0.380 e. The molecule has 1 atom stereocenters. The van der Waals surface area contributed by atoms with Gasteiger partial charge in [-0.05, 0) is 25.0 Å². The molecule has 0 radical (unpaired) electrons. The van der Waals surface area contributed by atoms with Crippen LogP contribution in [0.5, 0.6) is 0 Å². The van der Waals surface area contributed by atoms with Gasteiger partial charge in [0, 0.05) is 0 Å². The topological polar surface area (TPSA) is 20.2 Å². The average molecular weight is 302 g/mol. The van der Waals surface area contributed by atoms with Crippen LogP contribution in [0.2, 0.25) is 0 Å². The summed E-state index contributed by atoms with van der Waals surface area (Å²) < 4.78 is 67.3. The van der Waals surface area contributed by atoms with Crippen LogP contribution in [0.1, 0.15) is 23.6 Å². The first-order chi connectivity index (χ1) is 9.69. The van der Waals surface area contributed by atoms with Crippen molar-refractivity contribution in [3.8, 4) is 0 Å². The second kappa shape index (κ2) is 5.11. The van der Waals surface area contributed by atoms with Gasteiger partial charge in [-0.15, -0.1) is 0 Å². The Hall–Kier alpha value is -1.95. The molecule has 0 aliphatic rings. The Labute approximate surface area is 117 Å². The van der Waals surface area contributed by atoms with Crippen molar-refractivity contribution in [1.29, 1.82) is 0 Å². The van der Waals surface area contributed by atoms with E-state index in [4.69, 9.17) is 0 Å². The van der Waals surface area contributed by atoms with Crippen LogP contribution in [0, 0.1) is 36.0 Å². The molecule has 1 nitrogen and oxygen atoms in total. The molecule has 0 saturated carbocycles. The first-order valence-corrected chi connectivity index (χ1v) is 6.00. The monoisotopic (exact) mass is 302 g/mol. The number of aryl methyl sites for hydroxylation is 1. The Morgan fingerprint density at radius 1 is 0.810 bits per heavy atom. The zero-order valence-electron chi connectivity index (χ0n) is 11.1. The summed E-state index contributed by atoms with van der Waals surface area (Å²) in [7, 11) is 0. The SMILES string of the molecule is Cc1ccccc1C(C)(O)c1c(F)c(F)c(F)c(F)c1F. The van der Waals surface area contributed by atoms with Crippen LogP contribution < -0.4 is 0 Å². The molecule has 112 valence electrons. The van der Waals surface area contributed by atoms with Crippen molar-refractivity contribution in [2.75, 3.05) is 0 Å². The van der Waals surface area contributed by atoms with Gasteiger partial charge in [0.2, 0.25) is 5.82 Å². The summed E-state index contributed by atoms with van der Waals surface area (Å²) in [6.07, 6.45) is 0. The van der Waals surface area contributed by atoms with Gasteiger partial charge in [0.1, 0.15) is 5.60 Å². The standard InChI is InChI=1S/C15H11F5O/c1-7-5-3-4-6-8(7)15(2,21)9-10(16)12(18)14(20)13(19)11(9)17/h3-6,21H,1-2H3. The fourth-order valence-corrected chi connectivity index (χ4v) is 2.29. The predicted molar refractivity (Wildman–Crippen MR) is 66.1 cm³/mol. The van der Waals surface area contributed by atoms with E-state index in [1.807, 2.05) is 0 Å². The van der Waals surface area contributed by atoms with Crippen molar-refractivity contribution in [3.05, 3.63) is 70.0 Å². The molecule has 0 bridgehead atoms. The summed E-state index contributed by atoms with van der Waals surface area (Å²) in [6.45, 7) is 2.53. The molecule has 6 heteroatoms. The molecule has 2 aromatic rings. The summed E-state index contributed by atoms with van der Waals surface area (Å²) >= 11 is 0. The van der Waals surface area contributed by atoms with Gasteiger partial charge in [0.15, 0.2) is 23.3 Å². The van der Waals surface area contributed by atoms with Crippen LogP contribution in [0.15, 0.2) is 24.3 Å². The highest BCUT2D eigenvalue weighted by molar-refractivity contribution is 5.41. The quantitative estimate of drug-likeness (QED) is 0.506. The van der Waals surface area contributed by atoms with Gasteiger partial charge in [-0.2, -0.15) is 0 Å². The third-order valence-corrected chi connectivity index (χ3v) is 3.37. The molecule has 0 heterocycles. The fourth-order valence-electron chi connectivity index (χ4n) is 2.29. The Bertz CT molecular complexity index is 680.